The first-order valence-electron chi connectivity index (χ1n) is 8.57. The van der Waals surface area contributed by atoms with Crippen LogP contribution >= 0.6 is 11.3 Å². The van der Waals surface area contributed by atoms with Gasteiger partial charge in [0.1, 0.15) is 0 Å². The summed E-state index contributed by atoms with van der Waals surface area (Å²) < 4.78 is 7.23. The summed E-state index contributed by atoms with van der Waals surface area (Å²) in [4.78, 5) is 18.8. The molecule has 1 aromatic carbocycles. The van der Waals surface area contributed by atoms with Gasteiger partial charge < -0.3 is 14.6 Å². The number of nitrogens with zero attached hydrogens (tertiary/aromatic N) is 2. The minimum Gasteiger partial charge on any atom is -0.385 e. The zero-order valence-corrected chi connectivity index (χ0v) is 15.4. The van der Waals surface area contributed by atoms with Crippen LogP contribution in [0, 0.1) is 0 Å². The molecule has 2 heterocycles. The Bertz CT molecular complexity index is 853. The average molecular weight is 357 g/mol. The molecule has 0 spiro atoms. The van der Waals surface area contributed by atoms with Gasteiger partial charge in [-0.05, 0) is 37.1 Å². The zero-order valence-electron chi connectivity index (χ0n) is 14.6. The lowest BCUT2D eigenvalue weighted by molar-refractivity contribution is 0.0952. The molecule has 0 atom stereocenters. The highest BCUT2D eigenvalue weighted by atomic mass is 32.1. The maximum absolute atomic E-state index is 12.3. The third-order valence-corrected chi connectivity index (χ3v) is 5.04. The number of hydrogen-bond acceptors (Lipinski definition) is 4. The van der Waals surface area contributed by atoms with E-state index in [1.807, 2.05) is 30.3 Å². The number of nitrogens with one attached hydrogen (secondary N) is 1. The van der Waals surface area contributed by atoms with Gasteiger partial charge in [-0.1, -0.05) is 19.1 Å². The Hall–Kier alpha value is -2.18. The first kappa shape index (κ1) is 17.6. The molecule has 1 amide bonds. The van der Waals surface area contributed by atoms with Crippen LogP contribution in [0.1, 0.15) is 29.4 Å². The third kappa shape index (κ3) is 3.91. The van der Waals surface area contributed by atoms with Crippen LogP contribution in [0.25, 0.3) is 21.7 Å². The molecule has 6 heteroatoms. The molecule has 3 aromatic rings. The topological polar surface area (TPSA) is 56.2 Å². The number of carbonyl (C=O) groups is 1. The predicted octanol–water partition coefficient (Wildman–Crippen LogP) is 3.94. The van der Waals surface area contributed by atoms with E-state index in [1.165, 1.54) is 11.3 Å². The Morgan fingerprint density at radius 2 is 2.12 bits per heavy atom. The first-order chi connectivity index (χ1) is 12.2. The lowest BCUT2D eigenvalue weighted by Crippen LogP contribution is -2.24. The summed E-state index contributed by atoms with van der Waals surface area (Å²) in [6.07, 6.45) is 1.85. The number of methoxy groups -OCH3 is 1. The minimum atomic E-state index is -0.0366. The van der Waals surface area contributed by atoms with Gasteiger partial charge in [0.15, 0.2) is 5.82 Å². The van der Waals surface area contributed by atoms with E-state index in [2.05, 4.69) is 22.9 Å². The van der Waals surface area contributed by atoms with Gasteiger partial charge in [-0.15, -0.1) is 11.3 Å². The van der Waals surface area contributed by atoms with Crippen LogP contribution in [0.5, 0.6) is 0 Å². The quantitative estimate of drug-likeness (QED) is 0.621. The van der Waals surface area contributed by atoms with E-state index in [9.17, 15) is 4.79 Å². The number of carbonyl (C=O) groups excluding carboxylic acids is 1. The summed E-state index contributed by atoms with van der Waals surface area (Å²) in [5.41, 5.74) is 2.13. The fraction of sp³-hybridized carbons (Fsp3) is 0.368. The van der Waals surface area contributed by atoms with Gasteiger partial charge in [-0.25, -0.2) is 4.98 Å². The number of hydrogen-bond donors (Lipinski definition) is 1. The summed E-state index contributed by atoms with van der Waals surface area (Å²) in [6, 6.07) is 12.0. The summed E-state index contributed by atoms with van der Waals surface area (Å²) in [5.74, 6) is 0.900. The second-order valence-corrected chi connectivity index (χ2v) is 6.93. The standard InChI is InChI=1S/C19H23N3O2S/c1-3-12-22-15-8-5-4-7-14(15)21-18(22)16-9-10-17(25-16)19(23)20-11-6-13-24-2/h4-5,7-10H,3,6,11-13H2,1-2H3,(H,20,23). The number of aryl methyl sites for hydroxylation is 1. The summed E-state index contributed by atoms with van der Waals surface area (Å²) in [5, 5.41) is 2.93. The minimum absolute atomic E-state index is 0.0366. The lowest BCUT2D eigenvalue weighted by Gasteiger charge is -2.06. The second kappa shape index (κ2) is 8.27. The molecule has 5 nitrogen and oxygen atoms in total. The van der Waals surface area contributed by atoms with Crippen molar-refractivity contribution in [3.05, 3.63) is 41.3 Å². The molecule has 0 aliphatic carbocycles. The number of amides is 1. The highest BCUT2D eigenvalue weighted by Gasteiger charge is 2.16. The van der Waals surface area contributed by atoms with E-state index < -0.39 is 0 Å². The van der Waals surface area contributed by atoms with Gasteiger partial charge in [0.2, 0.25) is 0 Å². The monoisotopic (exact) mass is 357 g/mol. The van der Waals surface area contributed by atoms with Crippen LogP contribution in [0.3, 0.4) is 0 Å². The van der Waals surface area contributed by atoms with Crippen molar-refractivity contribution in [2.45, 2.75) is 26.3 Å². The fourth-order valence-electron chi connectivity index (χ4n) is 2.80. The van der Waals surface area contributed by atoms with Gasteiger partial charge in [-0.2, -0.15) is 0 Å². The number of aromatic nitrogens is 2. The third-order valence-electron chi connectivity index (χ3n) is 3.96. The summed E-state index contributed by atoms with van der Waals surface area (Å²) >= 11 is 1.49. The largest absolute Gasteiger partial charge is 0.385 e. The molecule has 2 aromatic heterocycles. The highest BCUT2D eigenvalue weighted by Crippen LogP contribution is 2.30. The Kier molecular flexibility index (Phi) is 5.83. The molecular weight excluding hydrogens is 334 g/mol. The maximum atomic E-state index is 12.3. The smallest absolute Gasteiger partial charge is 0.261 e. The number of fused-ring (bicyclic) bond motifs is 1. The fourth-order valence-corrected chi connectivity index (χ4v) is 3.72. The molecule has 0 saturated carbocycles. The molecule has 25 heavy (non-hydrogen) atoms. The summed E-state index contributed by atoms with van der Waals surface area (Å²) in [6.45, 7) is 4.34. The van der Waals surface area contributed by atoms with Gasteiger partial charge in [0.05, 0.1) is 20.8 Å². The van der Waals surface area contributed by atoms with Crippen molar-refractivity contribution in [3.63, 3.8) is 0 Å². The Labute approximate surface area is 151 Å². The van der Waals surface area contributed by atoms with E-state index >= 15 is 0 Å². The molecule has 1 N–H and O–H groups in total. The molecule has 0 fully saturated rings. The van der Waals surface area contributed by atoms with Crippen molar-refractivity contribution >= 4 is 28.3 Å². The number of thiophene rings is 1. The molecule has 0 saturated heterocycles. The molecule has 0 aliphatic rings. The molecule has 0 radical (unpaired) electrons. The Morgan fingerprint density at radius 1 is 1.28 bits per heavy atom. The first-order valence-corrected chi connectivity index (χ1v) is 9.39. The van der Waals surface area contributed by atoms with Crippen molar-refractivity contribution in [2.24, 2.45) is 0 Å². The number of rotatable bonds is 8. The Morgan fingerprint density at radius 3 is 2.92 bits per heavy atom. The van der Waals surface area contributed by atoms with Crippen molar-refractivity contribution in [3.8, 4) is 10.7 Å². The van der Waals surface area contributed by atoms with Gasteiger partial charge in [-0.3, -0.25) is 4.79 Å². The zero-order chi connectivity index (χ0) is 17.6. The number of benzene rings is 1. The predicted molar refractivity (Wildman–Crippen MR) is 102 cm³/mol. The SMILES string of the molecule is CCCn1c(-c2ccc(C(=O)NCCCOC)s2)nc2ccccc21. The van der Waals surface area contributed by atoms with Gasteiger partial charge >= 0.3 is 0 Å². The number of ether oxygens (including phenoxy) is 1. The molecule has 132 valence electrons. The average Bonchev–Trinajstić information content (AvgIpc) is 3.24. The van der Waals surface area contributed by atoms with Crippen LogP contribution in [0.15, 0.2) is 36.4 Å². The van der Waals surface area contributed by atoms with E-state index in [-0.39, 0.29) is 5.91 Å². The number of imidazole rings is 1. The molecule has 0 aliphatic heterocycles. The maximum Gasteiger partial charge on any atom is 0.261 e. The van der Waals surface area contributed by atoms with Gasteiger partial charge in [0.25, 0.3) is 5.91 Å². The molecule has 0 unspecified atom stereocenters. The molecule has 3 rings (SSSR count). The van der Waals surface area contributed by atoms with E-state index in [0.29, 0.717) is 18.0 Å². The van der Waals surface area contributed by atoms with Gasteiger partial charge in [0, 0.05) is 26.8 Å². The summed E-state index contributed by atoms with van der Waals surface area (Å²) in [7, 11) is 1.66. The van der Waals surface area contributed by atoms with Crippen LogP contribution in [0.4, 0.5) is 0 Å². The second-order valence-electron chi connectivity index (χ2n) is 5.84. The molecule has 0 bridgehead atoms. The van der Waals surface area contributed by atoms with E-state index in [0.717, 1.165) is 41.1 Å². The van der Waals surface area contributed by atoms with E-state index in [4.69, 9.17) is 9.72 Å². The van der Waals surface area contributed by atoms with Crippen molar-refractivity contribution in [2.75, 3.05) is 20.3 Å². The highest BCUT2D eigenvalue weighted by molar-refractivity contribution is 7.17. The van der Waals surface area contributed by atoms with Crippen LogP contribution in [0.2, 0.25) is 0 Å². The van der Waals surface area contributed by atoms with E-state index in [1.54, 1.807) is 7.11 Å². The van der Waals surface area contributed by atoms with Crippen molar-refractivity contribution in [1.82, 2.24) is 14.9 Å². The van der Waals surface area contributed by atoms with Crippen molar-refractivity contribution < 1.29 is 9.53 Å². The lowest BCUT2D eigenvalue weighted by atomic mass is 10.3. The number of para-hydroxylation sites is 2. The van der Waals surface area contributed by atoms with Crippen LogP contribution in [-0.4, -0.2) is 35.7 Å². The van der Waals surface area contributed by atoms with Crippen LogP contribution in [-0.2, 0) is 11.3 Å². The normalized spacial score (nSPS) is 11.1. The Balaban J connectivity index is 1.83. The van der Waals surface area contributed by atoms with Crippen molar-refractivity contribution in [1.29, 1.82) is 0 Å². The van der Waals surface area contributed by atoms with Crippen LogP contribution < -0.4 is 5.32 Å². The molecular formula is C19H23N3O2S.